The van der Waals surface area contributed by atoms with Crippen LogP contribution in [0.5, 0.6) is 0 Å². The van der Waals surface area contributed by atoms with Gasteiger partial charge in [-0.3, -0.25) is 13.9 Å². The van der Waals surface area contributed by atoms with Crippen molar-refractivity contribution in [2.24, 2.45) is 5.92 Å². The maximum Gasteiger partial charge on any atom is 0.264 e. The number of nitrogens with one attached hydrogen (secondary N) is 1. The third-order valence-electron chi connectivity index (χ3n) is 6.28. The topological polar surface area (TPSA) is 86.8 Å². The van der Waals surface area contributed by atoms with Gasteiger partial charge in [0.25, 0.3) is 10.0 Å². The van der Waals surface area contributed by atoms with Gasteiger partial charge in [0, 0.05) is 33.7 Å². The van der Waals surface area contributed by atoms with E-state index in [1.165, 1.54) is 17.0 Å². The van der Waals surface area contributed by atoms with Crippen molar-refractivity contribution in [3.8, 4) is 0 Å². The van der Waals surface area contributed by atoms with E-state index in [2.05, 4.69) is 5.32 Å². The van der Waals surface area contributed by atoms with Gasteiger partial charge >= 0.3 is 0 Å². The summed E-state index contributed by atoms with van der Waals surface area (Å²) >= 11 is 19.0. The number of anilines is 1. The van der Waals surface area contributed by atoms with Crippen LogP contribution in [0.3, 0.4) is 0 Å². The lowest BCUT2D eigenvalue weighted by molar-refractivity contribution is -0.139. The fourth-order valence-corrected chi connectivity index (χ4v) is 6.26. The Morgan fingerprint density at radius 2 is 1.52 bits per heavy atom. The molecule has 0 fully saturated rings. The summed E-state index contributed by atoms with van der Waals surface area (Å²) in [6.07, 6.45) is 0. The highest BCUT2D eigenvalue weighted by Gasteiger charge is 2.33. The van der Waals surface area contributed by atoms with E-state index in [-0.39, 0.29) is 29.0 Å². The van der Waals surface area contributed by atoms with E-state index < -0.39 is 28.5 Å². The van der Waals surface area contributed by atoms with Crippen LogP contribution < -0.4 is 9.62 Å². The molecule has 0 aliphatic heterocycles. The first kappa shape index (κ1) is 31.7. The first-order valence-electron chi connectivity index (χ1n) is 12.7. The van der Waals surface area contributed by atoms with Crippen molar-refractivity contribution < 1.29 is 18.0 Å². The number of hydrogen-bond acceptors (Lipinski definition) is 4. The van der Waals surface area contributed by atoms with Crippen LogP contribution in [0.4, 0.5) is 5.69 Å². The summed E-state index contributed by atoms with van der Waals surface area (Å²) in [6, 6.07) is 16.6. The molecule has 1 N–H and O–H groups in total. The minimum atomic E-state index is -4.18. The predicted octanol–water partition coefficient (Wildman–Crippen LogP) is 6.34. The van der Waals surface area contributed by atoms with Crippen molar-refractivity contribution in [3.05, 3.63) is 92.9 Å². The fraction of sp³-hybridized carbons (Fsp3) is 0.310. The van der Waals surface area contributed by atoms with E-state index in [0.29, 0.717) is 32.7 Å². The third-order valence-corrected chi connectivity index (χ3v) is 9.00. The van der Waals surface area contributed by atoms with Gasteiger partial charge in [-0.2, -0.15) is 0 Å². The molecule has 0 radical (unpaired) electrons. The SMILES string of the molecule is Cc1cc(Cl)ccc1N(CC(=O)N(Cc1c(Cl)cccc1Cl)[C@H](C)C(=O)NCC(C)C)S(=O)(=O)c1ccccc1. The summed E-state index contributed by atoms with van der Waals surface area (Å²) in [5, 5.41) is 3.91. The van der Waals surface area contributed by atoms with Crippen LogP contribution in [-0.2, 0) is 26.2 Å². The molecule has 7 nitrogen and oxygen atoms in total. The second-order valence-corrected chi connectivity index (χ2v) is 12.9. The van der Waals surface area contributed by atoms with E-state index in [0.717, 1.165) is 4.31 Å². The zero-order valence-corrected chi connectivity index (χ0v) is 25.8. The summed E-state index contributed by atoms with van der Waals surface area (Å²) in [5.41, 5.74) is 1.29. The molecule has 0 bridgehead atoms. The molecule has 0 spiro atoms. The van der Waals surface area contributed by atoms with Crippen LogP contribution >= 0.6 is 34.8 Å². The zero-order chi connectivity index (χ0) is 29.6. The van der Waals surface area contributed by atoms with Crippen molar-refractivity contribution in [3.63, 3.8) is 0 Å². The van der Waals surface area contributed by atoms with Crippen LogP contribution in [0.1, 0.15) is 31.9 Å². The summed E-state index contributed by atoms with van der Waals surface area (Å²) in [5.74, 6) is -0.805. The lowest BCUT2D eigenvalue weighted by atomic mass is 10.1. The molecule has 3 rings (SSSR count). The highest BCUT2D eigenvalue weighted by atomic mass is 35.5. The number of hydrogen-bond donors (Lipinski definition) is 1. The molecule has 3 aromatic carbocycles. The molecule has 0 aromatic heterocycles. The number of sulfonamides is 1. The molecule has 0 unspecified atom stereocenters. The molecule has 0 heterocycles. The number of halogens is 3. The summed E-state index contributed by atoms with van der Waals surface area (Å²) in [4.78, 5) is 28.4. The van der Waals surface area contributed by atoms with E-state index in [1.54, 1.807) is 68.4 Å². The van der Waals surface area contributed by atoms with Crippen molar-refractivity contribution in [1.29, 1.82) is 0 Å². The Balaban J connectivity index is 2.07. The number of amides is 2. The first-order valence-corrected chi connectivity index (χ1v) is 15.2. The Morgan fingerprint density at radius 1 is 0.900 bits per heavy atom. The summed E-state index contributed by atoms with van der Waals surface area (Å²) in [6.45, 7) is 6.94. The van der Waals surface area contributed by atoms with Crippen molar-refractivity contribution >= 4 is 62.3 Å². The molecule has 3 aromatic rings. The van der Waals surface area contributed by atoms with Crippen LogP contribution in [0.25, 0.3) is 0 Å². The van der Waals surface area contributed by atoms with E-state index in [9.17, 15) is 18.0 Å². The Hall–Kier alpha value is -2.78. The molecule has 40 heavy (non-hydrogen) atoms. The maximum atomic E-state index is 14.0. The molecular formula is C29H32Cl3N3O4S. The van der Waals surface area contributed by atoms with Gasteiger partial charge in [0.2, 0.25) is 11.8 Å². The minimum absolute atomic E-state index is 0.0144. The molecule has 0 aliphatic carbocycles. The number of rotatable bonds is 11. The van der Waals surface area contributed by atoms with Crippen LogP contribution in [0.2, 0.25) is 15.1 Å². The van der Waals surface area contributed by atoms with E-state index in [1.807, 2.05) is 13.8 Å². The van der Waals surface area contributed by atoms with Crippen LogP contribution in [0, 0.1) is 12.8 Å². The average molecular weight is 625 g/mol. The van der Waals surface area contributed by atoms with Gasteiger partial charge in [-0.1, -0.05) is 72.9 Å². The Labute approximate surface area is 251 Å². The van der Waals surface area contributed by atoms with Gasteiger partial charge in [-0.15, -0.1) is 0 Å². The Bertz CT molecular complexity index is 1450. The Morgan fingerprint density at radius 3 is 2.10 bits per heavy atom. The van der Waals surface area contributed by atoms with Gasteiger partial charge < -0.3 is 10.2 Å². The number of carbonyl (C=O) groups is 2. The van der Waals surface area contributed by atoms with Crippen LogP contribution in [-0.4, -0.2) is 44.3 Å². The monoisotopic (exact) mass is 623 g/mol. The molecule has 0 saturated carbocycles. The summed E-state index contributed by atoms with van der Waals surface area (Å²) in [7, 11) is -4.18. The largest absolute Gasteiger partial charge is 0.354 e. The van der Waals surface area contributed by atoms with Gasteiger partial charge in [-0.25, -0.2) is 8.42 Å². The van der Waals surface area contributed by atoms with Crippen molar-refractivity contribution in [2.75, 3.05) is 17.4 Å². The van der Waals surface area contributed by atoms with E-state index >= 15 is 0 Å². The lowest BCUT2D eigenvalue weighted by Gasteiger charge is -2.33. The fourth-order valence-electron chi connectivity index (χ4n) is 4.02. The molecule has 214 valence electrons. The molecule has 0 saturated heterocycles. The molecule has 2 amide bonds. The number of carbonyl (C=O) groups excluding carboxylic acids is 2. The van der Waals surface area contributed by atoms with Gasteiger partial charge in [0.15, 0.2) is 0 Å². The molecule has 11 heteroatoms. The average Bonchev–Trinajstić information content (AvgIpc) is 2.90. The smallest absolute Gasteiger partial charge is 0.264 e. The second kappa shape index (κ2) is 13.7. The quantitative estimate of drug-likeness (QED) is 0.270. The second-order valence-electron chi connectivity index (χ2n) is 9.79. The normalized spacial score (nSPS) is 12.2. The van der Waals surface area contributed by atoms with Crippen LogP contribution in [0.15, 0.2) is 71.6 Å². The third kappa shape index (κ3) is 7.69. The first-order chi connectivity index (χ1) is 18.8. The maximum absolute atomic E-state index is 14.0. The standard InChI is InChI=1S/C29H32Cl3N3O4S/c1-19(2)16-33-29(37)21(4)34(17-24-25(31)11-8-12-26(24)32)28(36)18-35(27-14-13-22(30)15-20(27)3)40(38,39)23-9-6-5-7-10-23/h5-15,19,21H,16-18H2,1-4H3,(H,33,37)/t21-/m1/s1. The molecule has 0 aliphatic rings. The van der Waals surface area contributed by atoms with Crippen molar-refractivity contribution in [1.82, 2.24) is 10.2 Å². The van der Waals surface area contributed by atoms with E-state index in [4.69, 9.17) is 34.8 Å². The predicted molar refractivity (Wildman–Crippen MR) is 161 cm³/mol. The zero-order valence-electron chi connectivity index (χ0n) is 22.7. The Kier molecular flexibility index (Phi) is 10.9. The minimum Gasteiger partial charge on any atom is -0.354 e. The number of nitrogens with zero attached hydrogens (tertiary/aromatic N) is 2. The van der Waals surface area contributed by atoms with Gasteiger partial charge in [0.1, 0.15) is 12.6 Å². The van der Waals surface area contributed by atoms with Crippen molar-refractivity contribution in [2.45, 2.75) is 45.2 Å². The van der Waals surface area contributed by atoms with Gasteiger partial charge in [0.05, 0.1) is 10.6 Å². The molecule has 1 atom stereocenters. The number of benzene rings is 3. The lowest BCUT2D eigenvalue weighted by Crippen LogP contribution is -2.51. The highest BCUT2D eigenvalue weighted by Crippen LogP contribution is 2.30. The highest BCUT2D eigenvalue weighted by molar-refractivity contribution is 7.92. The number of aryl methyl sites for hydroxylation is 1. The molecular weight excluding hydrogens is 593 g/mol. The van der Waals surface area contributed by atoms with Gasteiger partial charge in [-0.05, 0) is 67.8 Å². The summed E-state index contributed by atoms with van der Waals surface area (Å²) < 4.78 is 28.8.